The molecule has 0 spiro atoms. The molecule has 0 saturated carbocycles. The second-order valence-corrected chi connectivity index (χ2v) is 5.96. The molecule has 0 amide bonds. The van der Waals surface area contributed by atoms with Crippen LogP contribution in [0.4, 0.5) is 13.2 Å². The zero-order valence-electron chi connectivity index (χ0n) is 14.7. The van der Waals surface area contributed by atoms with E-state index in [1.165, 1.54) is 12.1 Å². The molecule has 1 aromatic carbocycles. The van der Waals surface area contributed by atoms with Crippen molar-refractivity contribution in [1.29, 1.82) is 0 Å². The smallest absolute Gasteiger partial charge is 0.433 e. The summed E-state index contributed by atoms with van der Waals surface area (Å²) in [4.78, 5) is 23.6. The van der Waals surface area contributed by atoms with Crippen molar-refractivity contribution < 1.29 is 27.4 Å². The number of carbonyl (C=O) groups excluding carboxylic acids is 1. The highest BCUT2D eigenvalue weighted by atomic mass is 35.5. The number of hydrogen-bond acceptors (Lipinski definition) is 5. The molecule has 146 valence electrons. The Morgan fingerprint density at radius 2 is 1.96 bits per heavy atom. The minimum Gasteiger partial charge on any atom is -0.480 e. The van der Waals surface area contributed by atoms with E-state index >= 15 is 0 Å². The van der Waals surface area contributed by atoms with Gasteiger partial charge in [0.2, 0.25) is 5.43 Å². The molecule has 27 heavy (non-hydrogen) atoms. The van der Waals surface area contributed by atoms with Crippen molar-refractivity contribution >= 4 is 17.6 Å². The van der Waals surface area contributed by atoms with Crippen molar-refractivity contribution in [1.82, 2.24) is 9.78 Å². The molecule has 0 unspecified atom stereocenters. The van der Waals surface area contributed by atoms with Gasteiger partial charge >= 0.3 is 12.1 Å². The monoisotopic (exact) mass is 404 g/mol. The Morgan fingerprint density at radius 1 is 1.30 bits per heavy atom. The molecule has 0 saturated heterocycles. The van der Waals surface area contributed by atoms with Crippen molar-refractivity contribution in [2.75, 3.05) is 13.2 Å². The van der Waals surface area contributed by atoms with Gasteiger partial charge in [-0.2, -0.15) is 18.3 Å². The maximum Gasteiger partial charge on any atom is 0.433 e. The highest BCUT2D eigenvalue weighted by molar-refractivity contribution is 6.32. The van der Waals surface area contributed by atoms with E-state index in [1.54, 1.807) is 13.8 Å². The Hall–Kier alpha value is -2.55. The number of aromatic nitrogens is 2. The molecule has 0 bridgehead atoms. The van der Waals surface area contributed by atoms with Gasteiger partial charge in [0.25, 0.3) is 0 Å². The van der Waals surface area contributed by atoms with Crippen molar-refractivity contribution in [3.8, 4) is 17.0 Å². The second-order valence-electron chi connectivity index (χ2n) is 5.56. The third-order valence-electron chi connectivity index (χ3n) is 3.58. The number of rotatable bonds is 5. The first kappa shape index (κ1) is 20.8. The first-order valence-corrected chi connectivity index (χ1v) is 8.16. The number of aryl methyl sites for hydroxylation is 2. The molecular formula is C17H16ClF3N2O4. The number of hydrogen-bond donors (Lipinski definition) is 0. The molecule has 10 heteroatoms. The van der Waals surface area contributed by atoms with Crippen LogP contribution in [0, 0.1) is 6.92 Å². The molecule has 0 N–H and O–H groups in total. The number of nitrogens with zero attached hydrogens (tertiary/aromatic N) is 2. The van der Waals surface area contributed by atoms with Crippen LogP contribution in [0.2, 0.25) is 5.02 Å². The summed E-state index contributed by atoms with van der Waals surface area (Å²) in [5.74, 6) is -0.534. The summed E-state index contributed by atoms with van der Waals surface area (Å²) in [5.41, 5.74) is -1.51. The summed E-state index contributed by atoms with van der Waals surface area (Å²) in [7, 11) is 1.09. The van der Waals surface area contributed by atoms with Crippen LogP contribution >= 0.6 is 11.6 Å². The van der Waals surface area contributed by atoms with Crippen LogP contribution in [0.3, 0.4) is 0 Å². The van der Waals surface area contributed by atoms with Crippen LogP contribution in [0.15, 0.2) is 23.0 Å². The highest BCUT2D eigenvalue weighted by Gasteiger charge is 2.34. The summed E-state index contributed by atoms with van der Waals surface area (Å²) in [6, 6.07) is 3.31. The molecule has 0 aliphatic heterocycles. The van der Waals surface area contributed by atoms with Gasteiger partial charge in [-0.15, -0.1) is 0 Å². The van der Waals surface area contributed by atoms with E-state index in [9.17, 15) is 22.8 Å². The Labute approximate surface area is 157 Å². The number of alkyl halides is 3. The first-order chi connectivity index (χ1) is 12.5. The SMILES string of the molecule is CCOC(=O)COc1cc(-c2nn(C)c(C(F)(F)F)cc2=O)c(C)cc1Cl. The van der Waals surface area contributed by atoms with Gasteiger partial charge in [0, 0.05) is 18.7 Å². The van der Waals surface area contributed by atoms with Gasteiger partial charge in [-0.05, 0) is 31.5 Å². The predicted octanol–water partition coefficient (Wildman–Crippen LogP) is 3.37. The normalized spacial score (nSPS) is 11.4. The van der Waals surface area contributed by atoms with E-state index in [4.69, 9.17) is 21.1 Å². The summed E-state index contributed by atoms with van der Waals surface area (Å²) in [6.45, 7) is 3.03. The number of ether oxygens (including phenoxy) is 2. The predicted molar refractivity (Wildman–Crippen MR) is 91.8 cm³/mol. The van der Waals surface area contributed by atoms with E-state index in [0.29, 0.717) is 16.3 Å². The van der Waals surface area contributed by atoms with Gasteiger partial charge in [0.15, 0.2) is 6.61 Å². The van der Waals surface area contributed by atoms with Crippen LogP contribution in [0.25, 0.3) is 11.3 Å². The summed E-state index contributed by atoms with van der Waals surface area (Å²) in [5, 5.41) is 3.93. The van der Waals surface area contributed by atoms with Gasteiger partial charge in [0.1, 0.15) is 17.1 Å². The maximum atomic E-state index is 12.9. The molecule has 1 heterocycles. The molecule has 2 rings (SSSR count). The van der Waals surface area contributed by atoms with Crippen LogP contribution in [-0.4, -0.2) is 29.0 Å². The zero-order valence-corrected chi connectivity index (χ0v) is 15.4. The molecule has 0 radical (unpaired) electrons. The topological polar surface area (TPSA) is 70.4 Å². The molecule has 0 aliphatic carbocycles. The van der Waals surface area contributed by atoms with Crippen LogP contribution in [-0.2, 0) is 22.8 Å². The van der Waals surface area contributed by atoms with Crippen LogP contribution < -0.4 is 10.2 Å². The van der Waals surface area contributed by atoms with Crippen molar-refractivity contribution in [2.45, 2.75) is 20.0 Å². The van der Waals surface area contributed by atoms with Crippen LogP contribution in [0.1, 0.15) is 18.2 Å². The van der Waals surface area contributed by atoms with Gasteiger partial charge in [-0.1, -0.05) is 11.6 Å². The Morgan fingerprint density at radius 3 is 2.56 bits per heavy atom. The van der Waals surface area contributed by atoms with Gasteiger partial charge < -0.3 is 9.47 Å². The highest BCUT2D eigenvalue weighted by Crippen LogP contribution is 2.33. The van der Waals surface area contributed by atoms with Crippen molar-refractivity contribution in [3.63, 3.8) is 0 Å². The fourth-order valence-electron chi connectivity index (χ4n) is 2.35. The number of halogens is 4. The Balaban J connectivity index is 2.47. The Bertz CT molecular complexity index is 926. The third-order valence-corrected chi connectivity index (χ3v) is 3.87. The average molecular weight is 405 g/mol. The zero-order chi connectivity index (χ0) is 20.4. The molecule has 0 fully saturated rings. The standard InChI is InChI=1S/C17H16ClF3N2O4/c1-4-26-15(25)8-27-13-6-10(9(2)5-11(13)18)16-12(24)7-14(17(19,20)21)23(3)22-16/h5-7H,4,8H2,1-3H3. The quantitative estimate of drug-likeness (QED) is 0.714. The number of esters is 1. The van der Waals surface area contributed by atoms with Crippen LogP contribution in [0.5, 0.6) is 5.75 Å². The fourth-order valence-corrected chi connectivity index (χ4v) is 2.62. The lowest BCUT2D eigenvalue weighted by Gasteiger charge is -2.14. The summed E-state index contributed by atoms with van der Waals surface area (Å²) in [6.07, 6.45) is -4.71. The second kappa shape index (κ2) is 7.99. The van der Waals surface area contributed by atoms with Gasteiger partial charge in [-0.3, -0.25) is 9.48 Å². The Kier molecular flexibility index (Phi) is 6.15. The minimum absolute atomic E-state index is 0.0778. The largest absolute Gasteiger partial charge is 0.480 e. The lowest BCUT2D eigenvalue weighted by molar-refractivity contribution is -0.145. The van der Waals surface area contributed by atoms with Crippen molar-refractivity contribution in [2.24, 2.45) is 7.05 Å². The lowest BCUT2D eigenvalue weighted by Crippen LogP contribution is -2.22. The third kappa shape index (κ3) is 4.79. The van der Waals surface area contributed by atoms with E-state index in [0.717, 1.165) is 7.05 Å². The molecular weight excluding hydrogens is 389 g/mol. The molecule has 0 atom stereocenters. The van der Waals surface area contributed by atoms with E-state index in [2.05, 4.69) is 5.10 Å². The maximum absolute atomic E-state index is 12.9. The molecule has 1 aromatic heterocycles. The lowest BCUT2D eigenvalue weighted by atomic mass is 10.0. The summed E-state index contributed by atoms with van der Waals surface area (Å²) >= 11 is 6.08. The molecule has 0 aliphatic rings. The average Bonchev–Trinajstić information content (AvgIpc) is 2.55. The van der Waals surface area contributed by atoms with Gasteiger partial charge in [-0.25, -0.2) is 4.79 Å². The number of carbonyl (C=O) groups is 1. The van der Waals surface area contributed by atoms with E-state index < -0.39 is 29.9 Å². The minimum atomic E-state index is -4.71. The van der Waals surface area contributed by atoms with Gasteiger partial charge in [0.05, 0.1) is 11.6 Å². The number of benzene rings is 1. The molecule has 6 nitrogen and oxygen atoms in total. The first-order valence-electron chi connectivity index (χ1n) is 7.79. The van der Waals surface area contributed by atoms with Crippen molar-refractivity contribution in [3.05, 3.63) is 44.7 Å². The van der Waals surface area contributed by atoms with E-state index in [1.807, 2.05) is 0 Å². The summed E-state index contributed by atoms with van der Waals surface area (Å²) < 4.78 is 49.4. The van der Waals surface area contributed by atoms with E-state index in [-0.39, 0.29) is 28.6 Å². The fraction of sp³-hybridized carbons (Fsp3) is 0.353. The molecule has 2 aromatic rings.